The van der Waals surface area contributed by atoms with Crippen LogP contribution in [0.4, 0.5) is 0 Å². The van der Waals surface area contributed by atoms with Gasteiger partial charge in [0.25, 0.3) is 5.91 Å². The maximum Gasteiger partial charge on any atom is 0.375 e. The Balaban J connectivity index is 2.09. The molecule has 1 aromatic heterocycles. The molecule has 2 aromatic rings. The lowest BCUT2D eigenvalue weighted by molar-refractivity contribution is -0.134. The Kier molecular flexibility index (Phi) is 5.67. The third kappa shape index (κ3) is 3.97. The van der Waals surface area contributed by atoms with Gasteiger partial charge in [-0.05, 0) is 39.0 Å². The van der Waals surface area contributed by atoms with Crippen molar-refractivity contribution in [2.45, 2.75) is 20.8 Å². The fourth-order valence-corrected chi connectivity index (χ4v) is 2.55. The Morgan fingerprint density at radius 3 is 2.71 bits per heavy atom. The largest absolute Gasteiger partial charge is 0.450 e. The fourth-order valence-electron chi connectivity index (χ4n) is 2.37. The molecule has 128 valence electrons. The molecule has 0 unspecified atom stereocenters. The number of carbonyl (C=O) groups is 2. The van der Waals surface area contributed by atoms with Crippen molar-refractivity contribution in [2.75, 3.05) is 19.7 Å². The molecule has 1 amide bonds. The summed E-state index contributed by atoms with van der Waals surface area (Å²) < 4.78 is 10.6. The van der Waals surface area contributed by atoms with E-state index in [9.17, 15) is 9.59 Å². The van der Waals surface area contributed by atoms with Crippen LogP contribution >= 0.6 is 11.6 Å². The highest BCUT2D eigenvalue weighted by Crippen LogP contribution is 2.28. The molecule has 6 heteroatoms. The predicted molar refractivity (Wildman–Crippen MR) is 93.3 cm³/mol. The van der Waals surface area contributed by atoms with Gasteiger partial charge in [0.1, 0.15) is 5.58 Å². The lowest BCUT2D eigenvalue weighted by Crippen LogP contribution is -2.35. The third-order valence-electron chi connectivity index (χ3n) is 3.61. The minimum absolute atomic E-state index is 0.0861. The standard InChI is InChI=1S/C18H20ClNO4/c1-5-20(9-11(2)3)16(21)10-23-18(22)17-12(4)14-8-13(19)6-7-15(14)24-17/h6-8H,2,5,9-10H2,1,3-4H3. The van der Waals surface area contributed by atoms with Crippen LogP contribution in [0.5, 0.6) is 0 Å². The molecule has 0 fully saturated rings. The number of ether oxygens (including phenoxy) is 1. The first kappa shape index (κ1) is 18.1. The van der Waals surface area contributed by atoms with Gasteiger partial charge in [0, 0.05) is 29.1 Å². The molecule has 0 aliphatic rings. The maximum atomic E-state index is 12.2. The molecule has 0 atom stereocenters. The number of halogens is 1. The molecule has 2 rings (SSSR count). The van der Waals surface area contributed by atoms with Crippen molar-refractivity contribution in [2.24, 2.45) is 0 Å². The zero-order chi connectivity index (χ0) is 17.9. The van der Waals surface area contributed by atoms with Crippen LogP contribution in [0, 0.1) is 6.92 Å². The average Bonchev–Trinajstić information content (AvgIpc) is 2.86. The Bertz CT molecular complexity index is 794. The van der Waals surface area contributed by atoms with E-state index < -0.39 is 5.97 Å². The van der Waals surface area contributed by atoms with E-state index in [0.29, 0.717) is 29.3 Å². The number of hydrogen-bond donors (Lipinski definition) is 0. The highest BCUT2D eigenvalue weighted by Gasteiger charge is 2.21. The van der Waals surface area contributed by atoms with Crippen molar-refractivity contribution in [3.8, 4) is 0 Å². The van der Waals surface area contributed by atoms with E-state index in [1.807, 2.05) is 13.8 Å². The Labute approximate surface area is 145 Å². The van der Waals surface area contributed by atoms with Crippen molar-refractivity contribution in [3.05, 3.63) is 46.7 Å². The minimum atomic E-state index is -0.667. The van der Waals surface area contributed by atoms with Crippen molar-refractivity contribution in [1.29, 1.82) is 0 Å². The van der Waals surface area contributed by atoms with Gasteiger partial charge in [-0.25, -0.2) is 4.79 Å². The van der Waals surface area contributed by atoms with Gasteiger partial charge in [0.05, 0.1) is 0 Å². The Hall–Kier alpha value is -2.27. The average molecular weight is 350 g/mol. The van der Waals surface area contributed by atoms with Crippen molar-refractivity contribution >= 4 is 34.4 Å². The second kappa shape index (κ2) is 7.53. The monoisotopic (exact) mass is 349 g/mol. The van der Waals surface area contributed by atoms with Crippen LogP contribution in [0.1, 0.15) is 30.0 Å². The quantitative estimate of drug-likeness (QED) is 0.584. The molecular weight excluding hydrogens is 330 g/mol. The Morgan fingerprint density at radius 2 is 2.08 bits per heavy atom. The first-order chi connectivity index (χ1) is 11.3. The van der Waals surface area contributed by atoms with Crippen LogP contribution in [0.2, 0.25) is 5.02 Å². The summed E-state index contributed by atoms with van der Waals surface area (Å²) in [5, 5.41) is 1.30. The number of rotatable bonds is 6. The zero-order valence-corrected chi connectivity index (χ0v) is 14.8. The van der Waals surface area contributed by atoms with E-state index in [2.05, 4.69) is 6.58 Å². The van der Waals surface area contributed by atoms with E-state index in [4.69, 9.17) is 20.8 Å². The molecule has 5 nitrogen and oxygen atoms in total. The number of fused-ring (bicyclic) bond motifs is 1. The van der Waals surface area contributed by atoms with Gasteiger partial charge in [0.2, 0.25) is 5.76 Å². The molecule has 1 heterocycles. The van der Waals surface area contributed by atoms with E-state index in [1.165, 1.54) is 0 Å². The van der Waals surface area contributed by atoms with E-state index in [0.717, 1.165) is 11.0 Å². The second-order valence-electron chi connectivity index (χ2n) is 5.64. The summed E-state index contributed by atoms with van der Waals surface area (Å²) in [5.41, 5.74) is 2.05. The molecule has 0 spiro atoms. The topological polar surface area (TPSA) is 59.8 Å². The first-order valence-electron chi connectivity index (χ1n) is 7.61. The highest BCUT2D eigenvalue weighted by atomic mass is 35.5. The summed E-state index contributed by atoms with van der Waals surface area (Å²) in [6, 6.07) is 5.10. The van der Waals surface area contributed by atoms with E-state index in [1.54, 1.807) is 30.0 Å². The lowest BCUT2D eigenvalue weighted by atomic mass is 10.1. The Morgan fingerprint density at radius 1 is 1.38 bits per heavy atom. The van der Waals surface area contributed by atoms with Gasteiger partial charge in [-0.3, -0.25) is 4.79 Å². The lowest BCUT2D eigenvalue weighted by Gasteiger charge is -2.20. The van der Waals surface area contributed by atoms with Gasteiger partial charge >= 0.3 is 5.97 Å². The number of carbonyl (C=O) groups excluding carboxylic acids is 2. The second-order valence-corrected chi connectivity index (χ2v) is 6.07. The van der Waals surface area contributed by atoms with Crippen LogP contribution in [0.3, 0.4) is 0 Å². The van der Waals surface area contributed by atoms with Crippen LogP contribution in [-0.2, 0) is 9.53 Å². The third-order valence-corrected chi connectivity index (χ3v) is 3.84. The van der Waals surface area contributed by atoms with E-state index >= 15 is 0 Å². The van der Waals surface area contributed by atoms with Crippen molar-refractivity contribution in [3.63, 3.8) is 0 Å². The molecule has 0 saturated carbocycles. The van der Waals surface area contributed by atoms with Crippen molar-refractivity contribution in [1.82, 2.24) is 4.90 Å². The summed E-state index contributed by atoms with van der Waals surface area (Å²) >= 11 is 5.96. The number of furan rings is 1. The maximum absolute atomic E-state index is 12.2. The molecule has 1 aromatic carbocycles. The van der Waals surface area contributed by atoms with Gasteiger partial charge in [-0.15, -0.1) is 0 Å². The number of amides is 1. The van der Waals surface area contributed by atoms with Crippen LogP contribution < -0.4 is 0 Å². The number of aryl methyl sites for hydroxylation is 1. The van der Waals surface area contributed by atoms with Gasteiger partial charge < -0.3 is 14.1 Å². The molecule has 0 radical (unpaired) electrons. The summed E-state index contributed by atoms with van der Waals surface area (Å²) in [5.74, 6) is -0.853. The van der Waals surface area contributed by atoms with Crippen LogP contribution in [0.25, 0.3) is 11.0 Å². The zero-order valence-electron chi connectivity index (χ0n) is 14.0. The normalized spacial score (nSPS) is 10.7. The van der Waals surface area contributed by atoms with Crippen LogP contribution in [0.15, 0.2) is 34.8 Å². The molecular formula is C18H20ClNO4. The highest BCUT2D eigenvalue weighted by molar-refractivity contribution is 6.31. The summed E-state index contributed by atoms with van der Waals surface area (Å²) in [7, 11) is 0. The molecule has 0 N–H and O–H groups in total. The number of benzene rings is 1. The SMILES string of the molecule is C=C(C)CN(CC)C(=O)COC(=O)c1oc2ccc(Cl)cc2c1C. The summed E-state index contributed by atoms with van der Waals surface area (Å²) in [6.45, 7) is 9.85. The van der Waals surface area contributed by atoms with E-state index in [-0.39, 0.29) is 18.3 Å². The number of nitrogens with zero attached hydrogens (tertiary/aromatic N) is 1. The number of hydrogen-bond acceptors (Lipinski definition) is 4. The summed E-state index contributed by atoms with van der Waals surface area (Å²) in [6.07, 6.45) is 0. The number of likely N-dealkylation sites (N-methyl/N-ethyl adjacent to an activating group) is 1. The van der Waals surface area contributed by atoms with Gasteiger partial charge in [-0.2, -0.15) is 0 Å². The van der Waals surface area contributed by atoms with Crippen LogP contribution in [-0.4, -0.2) is 36.5 Å². The predicted octanol–water partition coefficient (Wildman–Crippen LogP) is 3.98. The first-order valence-corrected chi connectivity index (χ1v) is 7.99. The molecule has 24 heavy (non-hydrogen) atoms. The van der Waals surface area contributed by atoms with Gasteiger partial charge in [-0.1, -0.05) is 23.8 Å². The molecule has 0 aliphatic carbocycles. The molecule has 0 saturated heterocycles. The minimum Gasteiger partial charge on any atom is -0.450 e. The van der Waals surface area contributed by atoms with Gasteiger partial charge in [0.15, 0.2) is 6.61 Å². The fraction of sp³-hybridized carbons (Fsp3) is 0.333. The number of esters is 1. The molecule has 0 aliphatic heterocycles. The summed E-state index contributed by atoms with van der Waals surface area (Å²) in [4.78, 5) is 25.9. The molecule has 0 bridgehead atoms. The van der Waals surface area contributed by atoms with Crippen molar-refractivity contribution < 1.29 is 18.7 Å². The smallest absolute Gasteiger partial charge is 0.375 e.